The fourth-order valence-corrected chi connectivity index (χ4v) is 7.69. The number of aromatic nitrogens is 1. The molecule has 2 aliphatic rings. The van der Waals surface area contributed by atoms with Gasteiger partial charge in [-0.15, -0.1) is 22.7 Å². The van der Waals surface area contributed by atoms with E-state index in [2.05, 4.69) is 16.9 Å². The van der Waals surface area contributed by atoms with Gasteiger partial charge in [0.1, 0.15) is 4.21 Å². The quantitative estimate of drug-likeness (QED) is 0.750. The number of carbonyl (C=O) groups excluding carboxylic acids is 1. The van der Waals surface area contributed by atoms with Gasteiger partial charge in [0, 0.05) is 24.5 Å². The van der Waals surface area contributed by atoms with Gasteiger partial charge in [0.2, 0.25) is 5.91 Å². The van der Waals surface area contributed by atoms with E-state index in [0.29, 0.717) is 29.1 Å². The van der Waals surface area contributed by atoms with Gasteiger partial charge in [-0.1, -0.05) is 6.58 Å². The lowest BCUT2D eigenvalue weighted by Crippen LogP contribution is -2.35. The van der Waals surface area contributed by atoms with Crippen molar-refractivity contribution >= 4 is 38.6 Å². The summed E-state index contributed by atoms with van der Waals surface area (Å²) in [6, 6.07) is 3.64. The number of hydrogen-bond donors (Lipinski definition) is 1. The summed E-state index contributed by atoms with van der Waals surface area (Å²) >= 11 is 2.84. The van der Waals surface area contributed by atoms with Crippen LogP contribution < -0.4 is 5.32 Å². The molecule has 1 amide bonds. The second-order valence-electron chi connectivity index (χ2n) is 7.09. The lowest BCUT2D eigenvalue weighted by Gasteiger charge is -2.18. The minimum Gasteiger partial charge on any atom is -0.350 e. The predicted molar refractivity (Wildman–Crippen MR) is 107 cm³/mol. The Morgan fingerprint density at radius 2 is 2.04 bits per heavy atom. The molecule has 4 rings (SSSR count). The topological polar surface area (TPSA) is 79.4 Å². The normalized spacial score (nSPS) is 25.4. The number of carbonyl (C=O) groups is 1. The van der Waals surface area contributed by atoms with E-state index >= 15 is 0 Å². The average Bonchev–Trinajstić information content (AvgIpc) is 3.36. The summed E-state index contributed by atoms with van der Waals surface area (Å²) in [5.74, 6) is 0.443. The van der Waals surface area contributed by atoms with Gasteiger partial charge in [-0.3, -0.25) is 4.79 Å². The Labute approximate surface area is 167 Å². The summed E-state index contributed by atoms with van der Waals surface area (Å²) < 4.78 is 28.1. The van der Waals surface area contributed by atoms with E-state index in [0.717, 1.165) is 28.4 Å². The Hall–Kier alpha value is -1.55. The number of thiazole rings is 1. The number of amides is 1. The van der Waals surface area contributed by atoms with Gasteiger partial charge >= 0.3 is 0 Å². The van der Waals surface area contributed by atoms with Crippen molar-refractivity contribution < 1.29 is 13.2 Å². The highest BCUT2D eigenvalue weighted by molar-refractivity contribution is 7.91. The highest BCUT2D eigenvalue weighted by Crippen LogP contribution is 2.41. The van der Waals surface area contributed by atoms with Crippen LogP contribution in [0, 0.1) is 18.8 Å². The molecule has 1 aliphatic carbocycles. The first-order chi connectivity index (χ1) is 12.9. The van der Waals surface area contributed by atoms with Gasteiger partial charge in [0.15, 0.2) is 0 Å². The molecule has 27 heavy (non-hydrogen) atoms. The van der Waals surface area contributed by atoms with Crippen LogP contribution in [-0.2, 0) is 14.8 Å². The highest BCUT2D eigenvalue weighted by atomic mass is 32.2. The maximum Gasteiger partial charge on any atom is 0.252 e. The van der Waals surface area contributed by atoms with Gasteiger partial charge in [0.25, 0.3) is 10.0 Å². The largest absolute Gasteiger partial charge is 0.350 e. The summed E-state index contributed by atoms with van der Waals surface area (Å²) in [6.45, 7) is 6.46. The number of sulfonamides is 1. The van der Waals surface area contributed by atoms with E-state index in [1.165, 1.54) is 17.4 Å². The van der Waals surface area contributed by atoms with Gasteiger partial charge in [-0.2, -0.15) is 4.31 Å². The van der Waals surface area contributed by atoms with Crippen molar-refractivity contribution in [3.63, 3.8) is 0 Å². The first-order valence-corrected chi connectivity index (χ1v) is 12.0. The number of hydrogen-bond acceptors (Lipinski definition) is 6. The molecule has 0 radical (unpaired) electrons. The molecule has 144 valence electrons. The number of thiophene rings is 1. The first kappa shape index (κ1) is 18.8. The number of nitrogens with zero attached hydrogens (tertiary/aromatic N) is 2. The minimum atomic E-state index is -3.48. The molecule has 2 aromatic rings. The van der Waals surface area contributed by atoms with Crippen LogP contribution >= 0.6 is 22.7 Å². The summed E-state index contributed by atoms with van der Waals surface area (Å²) in [7, 11) is -3.48. The van der Waals surface area contributed by atoms with Gasteiger partial charge in [-0.05, 0) is 49.8 Å². The van der Waals surface area contributed by atoms with Crippen molar-refractivity contribution in [1.82, 2.24) is 14.6 Å². The van der Waals surface area contributed by atoms with Crippen molar-refractivity contribution in [1.29, 1.82) is 0 Å². The van der Waals surface area contributed by atoms with E-state index in [4.69, 9.17) is 0 Å². The minimum absolute atomic E-state index is 0.122. The summed E-state index contributed by atoms with van der Waals surface area (Å²) in [5.41, 5.74) is 0.836. The number of nitrogens with one attached hydrogen (secondary N) is 1. The molecule has 2 fully saturated rings. The van der Waals surface area contributed by atoms with Crippen LogP contribution in [0.1, 0.15) is 17.8 Å². The number of fused-ring (bicyclic) bond motifs is 1. The van der Waals surface area contributed by atoms with Crippen molar-refractivity contribution in [3.8, 4) is 10.6 Å². The Kier molecular flexibility index (Phi) is 4.96. The molecule has 1 N–H and O–H groups in total. The predicted octanol–water partition coefficient (Wildman–Crippen LogP) is 2.88. The van der Waals surface area contributed by atoms with Crippen molar-refractivity contribution in [2.24, 2.45) is 11.8 Å². The Morgan fingerprint density at radius 3 is 2.63 bits per heavy atom. The molecule has 0 aromatic carbocycles. The number of rotatable bonds is 5. The average molecular weight is 424 g/mol. The van der Waals surface area contributed by atoms with Crippen LogP contribution in [-0.4, -0.2) is 42.7 Å². The summed E-state index contributed by atoms with van der Waals surface area (Å²) in [5, 5.41) is 5.86. The molecule has 6 nitrogen and oxygen atoms in total. The van der Waals surface area contributed by atoms with Gasteiger partial charge < -0.3 is 5.32 Å². The fourth-order valence-electron chi connectivity index (χ4n) is 4.03. The van der Waals surface area contributed by atoms with Gasteiger partial charge in [-0.25, -0.2) is 13.4 Å². The van der Waals surface area contributed by atoms with E-state index < -0.39 is 10.0 Å². The SMILES string of the molecule is C=CC(=O)NC1CC2CN(S(=O)(=O)c3ccc(-c4csc(C)n4)s3)CC2C1. The number of aryl methyl sites for hydroxylation is 1. The van der Waals surface area contributed by atoms with Crippen LogP contribution in [0.25, 0.3) is 10.6 Å². The van der Waals surface area contributed by atoms with E-state index in [1.807, 2.05) is 18.4 Å². The summed E-state index contributed by atoms with van der Waals surface area (Å²) in [4.78, 5) is 16.8. The monoisotopic (exact) mass is 423 g/mol. The molecule has 1 saturated heterocycles. The second kappa shape index (κ2) is 7.12. The van der Waals surface area contributed by atoms with Crippen molar-refractivity contribution in [2.45, 2.75) is 30.0 Å². The zero-order valence-corrected chi connectivity index (χ0v) is 17.4. The molecule has 2 atom stereocenters. The Balaban J connectivity index is 1.45. The van der Waals surface area contributed by atoms with Gasteiger partial charge in [0.05, 0.1) is 15.6 Å². The molecular weight excluding hydrogens is 402 g/mol. The molecule has 2 aromatic heterocycles. The van der Waals surface area contributed by atoms with Crippen LogP contribution in [0.15, 0.2) is 34.4 Å². The molecule has 9 heteroatoms. The van der Waals surface area contributed by atoms with Crippen molar-refractivity contribution in [3.05, 3.63) is 35.2 Å². The highest BCUT2D eigenvalue weighted by Gasteiger charge is 2.45. The molecule has 1 aliphatic heterocycles. The Bertz CT molecular complexity index is 965. The lowest BCUT2D eigenvalue weighted by molar-refractivity contribution is -0.117. The van der Waals surface area contributed by atoms with Crippen LogP contribution in [0.3, 0.4) is 0 Å². The zero-order chi connectivity index (χ0) is 19.2. The lowest BCUT2D eigenvalue weighted by atomic mass is 10.0. The van der Waals surface area contributed by atoms with Crippen LogP contribution in [0.2, 0.25) is 0 Å². The van der Waals surface area contributed by atoms with Crippen LogP contribution in [0.5, 0.6) is 0 Å². The Morgan fingerprint density at radius 1 is 1.33 bits per heavy atom. The molecule has 0 spiro atoms. The fraction of sp³-hybridized carbons (Fsp3) is 0.444. The third-order valence-corrected chi connectivity index (χ3v) is 9.48. The molecule has 0 bridgehead atoms. The zero-order valence-electron chi connectivity index (χ0n) is 14.9. The molecule has 2 unspecified atom stereocenters. The third kappa shape index (κ3) is 3.61. The summed E-state index contributed by atoms with van der Waals surface area (Å²) in [6.07, 6.45) is 2.93. The third-order valence-electron chi connectivity index (χ3n) is 5.30. The van der Waals surface area contributed by atoms with Crippen LogP contribution in [0.4, 0.5) is 0 Å². The maximum atomic E-state index is 13.1. The maximum absolute atomic E-state index is 13.1. The van der Waals surface area contributed by atoms with Crippen molar-refractivity contribution in [2.75, 3.05) is 13.1 Å². The van der Waals surface area contributed by atoms with E-state index in [-0.39, 0.29) is 11.9 Å². The van der Waals surface area contributed by atoms with E-state index in [1.54, 1.807) is 21.7 Å². The first-order valence-electron chi connectivity index (χ1n) is 8.82. The second-order valence-corrected chi connectivity index (χ2v) is 11.4. The molecule has 3 heterocycles. The molecule has 1 saturated carbocycles. The molecular formula is C18H21N3O3S3. The smallest absolute Gasteiger partial charge is 0.252 e. The standard InChI is InChI=1S/C18H21N3O3S3/c1-3-17(22)20-14-6-12-8-21(9-13(12)7-14)27(23,24)18-5-4-16(26-18)15-10-25-11(2)19-15/h3-5,10,12-14H,1,6-9H2,2H3,(H,20,22). The van der Waals surface area contributed by atoms with E-state index in [9.17, 15) is 13.2 Å².